The molecule has 0 unspecified atom stereocenters. The molecule has 0 spiro atoms. The number of aromatic nitrogens is 7. The highest BCUT2D eigenvalue weighted by Crippen LogP contribution is 2.13. The highest BCUT2D eigenvalue weighted by atomic mass is 15.6. The van der Waals surface area contributed by atoms with E-state index in [1.165, 1.54) is 15.8 Å². The van der Waals surface area contributed by atoms with Gasteiger partial charge in [-0.05, 0) is 39.8 Å². The van der Waals surface area contributed by atoms with Crippen molar-refractivity contribution >= 4 is 11.5 Å². The van der Waals surface area contributed by atoms with E-state index < -0.39 is 0 Å². The van der Waals surface area contributed by atoms with E-state index in [1.807, 2.05) is 41.2 Å². The van der Waals surface area contributed by atoms with Crippen molar-refractivity contribution in [1.29, 1.82) is 0 Å². The molecule has 23 heavy (non-hydrogen) atoms. The molecule has 0 saturated heterocycles. The van der Waals surface area contributed by atoms with E-state index in [1.54, 1.807) is 6.20 Å². The SMILES string of the molecule is c1ccc(Cn2cccn2)c(CNc2ccc3nnnn3n2)c1. The molecule has 1 N–H and O–H groups in total. The van der Waals surface area contributed by atoms with E-state index in [-0.39, 0.29) is 0 Å². The van der Waals surface area contributed by atoms with Crippen LogP contribution in [0.2, 0.25) is 0 Å². The molecule has 0 saturated carbocycles. The van der Waals surface area contributed by atoms with Crippen LogP contribution >= 0.6 is 0 Å². The normalized spacial score (nSPS) is 11.0. The minimum Gasteiger partial charge on any atom is -0.364 e. The van der Waals surface area contributed by atoms with E-state index in [0.29, 0.717) is 12.2 Å². The first-order chi connectivity index (χ1) is 11.4. The van der Waals surface area contributed by atoms with Gasteiger partial charge in [0.15, 0.2) is 5.65 Å². The van der Waals surface area contributed by atoms with Crippen molar-refractivity contribution in [2.24, 2.45) is 0 Å². The summed E-state index contributed by atoms with van der Waals surface area (Å²) >= 11 is 0. The molecule has 3 heterocycles. The van der Waals surface area contributed by atoms with E-state index in [2.05, 4.69) is 43.2 Å². The number of nitrogens with zero attached hydrogens (tertiary/aromatic N) is 7. The monoisotopic (exact) mass is 306 g/mol. The van der Waals surface area contributed by atoms with Crippen molar-refractivity contribution in [1.82, 2.24) is 35.0 Å². The molecule has 0 fully saturated rings. The van der Waals surface area contributed by atoms with E-state index in [9.17, 15) is 0 Å². The standard InChI is InChI=1S/C15H14N8/c1-2-5-13(11-22-9-3-8-17-22)12(4-1)10-16-14-6-7-15-18-20-21-23(15)19-14/h1-9H,10-11H2,(H,16,19). The lowest BCUT2D eigenvalue weighted by atomic mass is 10.1. The van der Waals surface area contributed by atoms with Crippen LogP contribution in [0.4, 0.5) is 5.82 Å². The molecule has 114 valence electrons. The van der Waals surface area contributed by atoms with Gasteiger partial charge in [0.05, 0.1) is 6.54 Å². The van der Waals surface area contributed by atoms with Gasteiger partial charge in [0.1, 0.15) is 5.82 Å². The summed E-state index contributed by atoms with van der Waals surface area (Å²) in [5.74, 6) is 0.721. The average molecular weight is 306 g/mol. The lowest BCUT2D eigenvalue weighted by molar-refractivity contribution is 0.681. The third-order valence-corrected chi connectivity index (χ3v) is 3.54. The summed E-state index contributed by atoms with van der Waals surface area (Å²) in [5.41, 5.74) is 3.03. The first-order valence-corrected chi connectivity index (χ1v) is 7.22. The van der Waals surface area contributed by atoms with Crippen molar-refractivity contribution in [2.75, 3.05) is 5.32 Å². The lowest BCUT2D eigenvalue weighted by Crippen LogP contribution is -2.09. The third kappa shape index (κ3) is 2.86. The molecule has 0 atom stereocenters. The Bertz CT molecular complexity index is 912. The maximum Gasteiger partial charge on any atom is 0.200 e. The zero-order valence-corrected chi connectivity index (χ0v) is 12.2. The van der Waals surface area contributed by atoms with Crippen molar-refractivity contribution in [2.45, 2.75) is 13.1 Å². The third-order valence-electron chi connectivity index (χ3n) is 3.54. The van der Waals surface area contributed by atoms with Gasteiger partial charge in [-0.15, -0.1) is 14.8 Å². The predicted octanol–water partition coefficient (Wildman–Crippen LogP) is 1.38. The van der Waals surface area contributed by atoms with Crippen LogP contribution in [-0.2, 0) is 13.1 Å². The Morgan fingerprint density at radius 2 is 1.91 bits per heavy atom. The smallest absolute Gasteiger partial charge is 0.200 e. The fourth-order valence-electron chi connectivity index (χ4n) is 2.38. The Balaban J connectivity index is 1.52. The summed E-state index contributed by atoms with van der Waals surface area (Å²) in [7, 11) is 0. The molecule has 3 aromatic heterocycles. The number of rotatable bonds is 5. The Morgan fingerprint density at radius 1 is 1.00 bits per heavy atom. The van der Waals surface area contributed by atoms with Crippen LogP contribution in [0, 0.1) is 0 Å². The van der Waals surface area contributed by atoms with E-state index >= 15 is 0 Å². The summed E-state index contributed by atoms with van der Waals surface area (Å²) in [6.07, 6.45) is 3.74. The number of hydrogen-bond donors (Lipinski definition) is 1. The largest absolute Gasteiger partial charge is 0.364 e. The van der Waals surface area contributed by atoms with Gasteiger partial charge in [-0.25, -0.2) is 0 Å². The highest BCUT2D eigenvalue weighted by molar-refractivity contribution is 5.43. The molecule has 8 nitrogen and oxygen atoms in total. The first-order valence-electron chi connectivity index (χ1n) is 7.22. The number of hydrogen-bond acceptors (Lipinski definition) is 6. The van der Waals surface area contributed by atoms with Crippen LogP contribution in [0.5, 0.6) is 0 Å². The molecule has 0 aliphatic heterocycles. The van der Waals surface area contributed by atoms with Gasteiger partial charge in [0, 0.05) is 18.9 Å². The maximum atomic E-state index is 4.31. The minimum atomic E-state index is 0.620. The molecule has 4 aromatic rings. The summed E-state index contributed by atoms with van der Waals surface area (Å²) in [4.78, 5) is 0. The molecule has 8 heteroatoms. The quantitative estimate of drug-likeness (QED) is 0.599. The van der Waals surface area contributed by atoms with Gasteiger partial charge in [0.25, 0.3) is 0 Å². The van der Waals surface area contributed by atoms with Gasteiger partial charge in [-0.2, -0.15) is 5.10 Å². The van der Waals surface area contributed by atoms with Crippen LogP contribution in [0.3, 0.4) is 0 Å². The van der Waals surface area contributed by atoms with Crippen LogP contribution in [-0.4, -0.2) is 35.0 Å². The van der Waals surface area contributed by atoms with Crippen LogP contribution in [0.25, 0.3) is 5.65 Å². The second kappa shape index (κ2) is 5.84. The van der Waals surface area contributed by atoms with Crippen molar-refractivity contribution in [3.8, 4) is 0 Å². The van der Waals surface area contributed by atoms with E-state index in [4.69, 9.17) is 0 Å². The van der Waals surface area contributed by atoms with Gasteiger partial charge >= 0.3 is 0 Å². The predicted molar refractivity (Wildman–Crippen MR) is 83.7 cm³/mol. The number of anilines is 1. The molecular formula is C15H14N8. The van der Waals surface area contributed by atoms with Gasteiger partial charge in [0.2, 0.25) is 0 Å². The van der Waals surface area contributed by atoms with Crippen LogP contribution < -0.4 is 5.32 Å². The second-order valence-electron chi connectivity index (χ2n) is 5.07. The summed E-state index contributed by atoms with van der Waals surface area (Å²) < 4.78 is 3.31. The zero-order valence-electron chi connectivity index (χ0n) is 12.2. The fraction of sp³-hybridized carbons (Fsp3) is 0.133. The molecule has 0 radical (unpaired) electrons. The number of fused-ring (bicyclic) bond motifs is 1. The number of benzene rings is 1. The average Bonchev–Trinajstić information content (AvgIpc) is 3.25. The zero-order chi connectivity index (χ0) is 15.5. The second-order valence-corrected chi connectivity index (χ2v) is 5.07. The maximum absolute atomic E-state index is 4.31. The van der Waals surface area contributed by atoms with Crippen LogP contribution in [0.15, 0.2) is 54.9 Å². The topological polar surface area (TPSA) is 85.8 Å². The Morgan fingerprint density at radius 3 is 2.78 bits per heavy atom. The van der Waals surface area contributed by atoms with Crippen molar-refractivity contribution in [3.63, 3.8) is 0 Å². The van der Waals surface area contributed by atoms with Crippen LogP contribution in [0.1, 0.15) is 11.1 Å². The lowest BCUT2D eigenvalue weighted by Gasteiger charge is -2.11. The molecular weight excluding hydrogens is 292 g/mol. The number of tetrazole rings is 1. The molecule has 4 rings (SSSR count). The van der Waals surface area contributed by atoms with Gasteiger partial charge < -0.3 is 5.32 Å². The highest BCUT2D eigenvalue weighted by Gasteiger charge is 2.05. The Hall–Kier alpha value is -3.29. The summed E-state index contributed by atoms with van der Waals surface area (Å²) in [6.45, 7) is 1.41. The molecule has 0 aliphatic rings. The molecule has 0 amide bonds. The van der Waals surface area contributed by atoms with Gasteiger partial charge in [-0.3, -0.25) is 4.68 Å². The summed E-state index contributed by atoms with van der Waals surface area (Å²) in [5, 5.41) is 23.1. The summed E-state index contributed by atoms with van der Waals surface area (Å²) in [6, 6.07) is 13.9. The molecule has 0 bridgehead atoms. The Kier molecular flexibility index (Phi) is 3.39. The Labute approximate surface area is 131 Å². The van der Waals surface area contributed by atoms with Crippen molar-refractivity contribution in [3.05, 3.63) is 66.0 Å². The van der Waals surface area contributed by atoms with Gasteiger partial charge in [-0.1, -0.05) is 24.3 Å². The van der Waals surface area contributed by atoms with Crippen molar-refractivity contribution < 1.29 is 0 Å². The minimum absolute atomic E-state index is 0.620. The van der Waals surface area contributed by atoms with E-state index in [0.717, 1.165) is 12.4 Å². The number of nitrogens with one attached hydrogen (secondary N) is 1. The fourth-order valence-corrected chi connectivity index (χ4v) is 2.38. The molecule has 0 aliphatic carbocycles. The molecule has 1 aromatic carbocycles. The first kappa shape index (κ1) is 13.4.